The molecule has 0 amide bonds. The molecule has 0 aromatic rings. The van der Waals surface area contributed by atoms with Crippen molar-refractivity contribution < 1.29 is 9.68 Å². The first kappa shape index (κ1) is 13.1. The Morgan fingerprint density at radius 3 is 1.50 bits per heavy atom. The second-order valence-corrected chi connectivity index (χ2v) is 3.53. The molecule has 0 saturated heterocycles. The van der Waals surface area contributed by atoms with Crippen LogP contribution >= 0.6 is 0 Å². The largest absolute Gasteiger partial charge is 0.261 e. The molecule has 2 rings (SSSR count). The van der Waals surface area contributed by atoms with Crippen molar-refractivity contribution in [3.05, 3.63) is 24.3 Å². The molecule has 0 bridgehead atoms. The van der Waals surface area contributed by atoms with Gasteiger partial charge in [-0.15, -0.1) is 0 Å². The van der Waals surface area contributed by atoms with Crippen LogP contribution in [-0.2, 0) is 9.68 Å². The van der Waals surface area contributed by atoms with Crippen LogP contribution in [0.4, 0.5) is 0 Å². The first-order chi connectivity index (χ1) is 7.77. The second kappa shape index (κ2) is 7.35. The van der Waals surface area contributed by atoms with Gasteiger partial charge in [-0.25, -0.2) is 5.84 Å². The zero-order valence-electron chi connectivity index (χ0n) is 9.98. The summed E-state index contributed by atoms with van der Waals surface area (Å²) in [6.07, 6.45) is 1.87. The molecule has 0 fully saturated rings. The smallest absolute Gasteiger partial charge is 0.0723 e. The number of hydrogen-bond donors (Lipinski definition) is 1. The Labute approximate surface area is 96.8 Å². The quantitative estimate of drug-likeness (QED) is 0.605. The van der Waals surface area contributed by atoms with Crippen LogP contribution in [0.1, 0.15) is 26.7 Å². The molecule has 0 saturated carbocycles. The lowest BCUT2D eigenvalue weighted by molar-refractivity contribution is -0.372. The van der Waals surface area contributed by atoms with E-state index in [0.29, 0.717) is 13.2 Å². The summed E-state index contributed by atoms with van der Waals surface area (Å²) in [6, 6.07) is 8.48. The van der Waals surface area contributed by atoms with Crippen molar-refractivity contribution in [3.63, 3.8) is 0 Å². The lowest BCUT2D eigenvalue weighted by Gasteiger charge is -2.13. The molecule has 0 aliphatic heterocycles. The van der Waals surface area contributed by atoms with E-state index < -0.39 is 0 Å². The van der Waals surface area contributed by atoms with Gasteiger partial charge >= 0.3 is 0 Å². The van der Waals surface area contributed by atoms with Crippen LogP contribution in [0.2, 0.25) is 0 Å². The van der Waals surface area contributed by atoms with Crippen molar-refractivity contribution in [1.29, 1.82) is 0 Å². The highest BCUT2D eigenvalue weighted by Gasteiger charge is 2.03. The van der Waals surface area contributed by atoms with Crippen LogP contribution < -0.4 is 5.84 Å². The summed E-state index contributed by atoms with van der Waals surface area (Å²) in [5.74, 6) is 5.23. The molecular formula is C12H20N2O2. The predicted molar refractivity (Wildman–Crippen MR) is 63.9 cm³/mol. The number of rotatable bonds is 6. The Hall–Kier alpha value is -0.940. The third-order valence-electron chi connectivity index (χ3n) is 2.06. The van der Waals surface area contributed by atoms with Crippen molar-refractivity contribution in [2.24, 2.45) is 5.84 Å². The maximum absolute atomic E-state index is 5.23. The van der Waals surface area contributed by atoms with E-state index in [1.54, 1.807) is 0 Å². The van der Waals surface area contributed by atoms with E-state index in [4.69, 9.17) is 15.5 Å². The highest BCUT2D eigenvalue weighted by atomic mass is 17.0. The van der Waals surface area contributed by atoms with Gasteiger partial charge < -0.3 is 0 Å². The summed E-state index contributed by atoms with van der Waals surface area (Å²) >= 11 is 0. The molecule has 16 heavy (non-hydrogen) atoms. The zero-order valence-corrected chi connectivity index (χ0v) is 9.98. The molecular weight excluding hydrogens is 204 g/mol. The second-order valence-electron chi connectivity index (χ2n) is 3.53. The van der Waals surface area contributed by atoms with Crippen molar-refractivity contribution >= 4 is 0 Å². The Bertz CT molecular complexity index is 259. The lowest BCUT2D eigenvalue weighted by atomic mass is 9.95. The molecule has 2 aliphatic rings. The van der Waals surface area contributed by atoms with Crippen LogP contribution in [0.15, 0.2) is 24.3 Å². The van der Waals surface area contributed by atoms with Gasteiger partial charge in [-0.1, -0.05) is 38.1 Å². The summed E-state index contributed by atoms with van der Waals surface area (Å²) in [4.78, 5) is 9.76. The Morgan fingerprint density at radius 1 is 0.938 bits per heavy atom. The van der Waals surface area contributed by atoms with Crippen LogP contribution in [0.5, 0.6) is 0 Å². The van der Waals surface area contributed by atoms with Gasteiger partial charge in [-0.2, -0.15) is 0 Å². The van der Waals surface area contributed by atoms with E-state index in [1.807, 2.05) is 13.8 Å². The van der Waals surface area contributed by atoms with Crippen molar-refractivity contribution in [2.75, 3.05) is 13.2 Å². The SMILES string of the molecule is CCCON(N)OCCC.c1cc2ccc1-2. The molecule has 0 radical (unpaired) electrons. The fourth-order valence-electron chi connectivity index (χ4n) is 1.06. The fourth-order valence-corrected chi connectivity index (χ4v) is 1.06. The topological polar surface area (TPSA) is 47.7 Å². The minimum absolute atomic E-state index is 0.597. The number of hydrazine groups is 1. The third kappa shape index (κ3) is 4.28. The van der Waals surface area contributed by atoms with Crippen LogP contribution in [0.3, 0.4) is 0 Å². The van der Waals surface area contributed by atoms with Gasteiger partial charge in [0.05, 0.1) is 13.2 Å². The van der Waals surface area contributed by atoms with Crippen LogP contribution in [0.25, 0.3) is 11.1 Å². The van der Waals surface area contributed by atoms with E-state index >= 15 is 0 Å². The third-order valence-corrected chi connectivity index (χ3v) is 2.06. The number of fused-ring (bicyclic) bond motifs is 1. The van der Waals surface area contributed by atoms with Gasteiger partial charge in [0.2, 0.25) is 0 Å². The minimum atomic E-state index is 0.597. The highest BCUT2D eigenvalue weighted by molar-refractivity contribution is 5.75. The number of benzene rings is 1. The maximum Gasteiger partial charge on any atom is 0.0723 e. The molecule has 2 aliphatic carbocycles. The monoisotopic (exact) mass is 224 g/mol. The highest BCUT2D eigenvalue weighted by Crippen LogP contribution is 2.29. The average Bonchev–Trinajstić information content (AvgIpc) is 2.29. The van der Waals surface area contributed by atoms with E-state index in [2.05, 4.69) is 24.3 Å². The molecule has 0 unspecified atom stereocenters. The number of hydrogen-bond acceptors (Lipinski definition) is 4. The summed E-state index contributed by atoms with van der Waals surface area (Å²) in [5, 5.41) is 0.924. The summed E-state index contributed by atoms with van der Waals surface area (Å²) in [6.45, 7) is 5.21. The normalized spacial score (nSPS) is 11.0. The summed E-state index contributed by atoms with van der Waals surface area (Å²) < 4.78 is 0. The van der Waals surface area contributed by atoms with Crippen LogP contribution in [0, 0.1) is 0 Å². The number of nitrogens with two attached hydrogens (primary N) is 1. The van der Waals surface area contributed by atoms with E-state index in [0.717, 1.165) is 18.2 Å². The molecule has 0 aromatic heterocycles. The average molecular weight is 224 g/mol. The van der Waals surface area contributed by atoms with Crippen LogP contribution in [-0.4, -0.2) is 18.5 Å². The molecule has 4 heteroatoms. The maximum atomic E-state index is 5.23. The fraction of sp³-hybridized carbons (Fsp3) is 0.500. The van der Waals surface area contributed by atoms with Gasteiger partial charge in [-0.05, 0) is 24.0 Å². The van der Waals surface area contributed by atoms with E-state index in [1.165, 1.54) is 11.1 Å². The van der Waals surface area contributed by atoms with E-state index in [9.17, 15) is 0 Å². The van der Waals surface area contributed by atoms with Gasteiger partial charge in [-0.3, -0.25) is 9.68 Å². The predicted octanol–water partition coefficient (Wildman–Crippen LogP) is 2.51. The van der Waals surface area contributed by atoms with Crippen molar-refractivity contribution in [2.45, 2.75) is 26.7 Å². The van der Waals surface area contributed by atoms with Crippen molar-refractivity contribution in [3.8, 4) is 11.1 Å². The molecule has 0 spiro atoms. The summed E-state index contributed by atoms with van der Waals surface area (Å²) in [5.41, 5.74) is 2.85. The summed E-state index contributed by atoms with van der Waals surface area (Å²) in [7, 11) is 0. The minimum Gasteiger partial charge on any atom is -0.261 e. The first-order valence-electron chi connectivity index (χ1n) is 5.69. The van der Waals surface area contributed by atoms with Gasteiger partial charge in [0.15, 0.2) is 0 Å². The van der Waals surface area contributed by atoms with Gasteiger partial charge in [0.1, 0.15) is 0 Å². The molecule has 0 heterocycles. The van der Waals surface area contributed by atoms with Gasteiger partial charge in [0, 0.05) is 5.34 Å². The zero-order chi connectivity index (χ0) is 11.8. The van der Waals surface area contributed by atoms with E-state index in [-0.39, 0.29) is 0 Å². The Balaban J connectivity index is 0.000000176. The van der Waals surface area contributed by atoms with Gasteiger partial charge in [0.25, 0.3) is 0 Å². The molecule has 0 aromatic carbocycles. The molecule has 4 nitrogen and oxygen atoms in total. The number of nitrogens with zero attached hydrogens (tertiary/aromatic N) is 1. The molecule has 2 N–H and O–H groups in total. The standard InChI is InChI=1S/C6H16N2O2.C6H4/c1-3-5-9-8(7)10-6-4-2;1-2-6-4-3-5(1)6/h3-7H2,1-2H3;1-4H. The molecule has 0 atom stereocenters. The Morgan fingerprint density at radius 2 is 1.31 bits per heavy atom. The molecule has 90 valence electrons. The van der Waals surface area contributed by atoms with Crippen molar-refractivity contribution in [1.82, 2.24) is 5.34 Å². The Kier molecular flexibility index (Phi) is 6.03. The lowest BCUT2D eigenvalue weighted by Crippen LogP contribution is -2.31. The first-order valence-corrected chi connectivity index (χ1v) is 5.69.